The van der Waals surface area contributed by atoms with Gasteiger partial charge in [0.25, 0.3) is 16.0 Å². The Morgan fingerprint density at radius 3 is 2.42 bits per heavy atom. The van der Waals surface area contributed by atoms with Crippen LogP contribution in [0.15, 0.2) is 65.8 Å². The lowest BCUT2D eigenvalue weighted by molar-refractivity contribution is -0.114. The lowest BCUT2D eigenvalue weighted by atomic mass is 9.92. The summed E-state index contributed by atoms with van der Waals surface area (Å²) in [6, 6.07) is 13.9. The third-order valence-electron chi connectivity index (χ3n) is 5.46. The summed E-state index contributed by atoms with van der Waals surface area (Å²) in [5.41, 5.74) is 0.944. The third kappa shape index (κ3) is 3.52. The number of hydrogen-bond donors (Lipinski definition) is 1. The molecular formula is C23H22N6O3S. The van der Waals surface area contributed by atoms with Gasteiger partial charge < -0.3 is 5.32 Å². The number of carbonyl (C=O) groups is 1. The zero-order chi connectivity index (χ0) is 23.4. The number of anilines is 2. The quantitative estimate of drug-likeness (QED) is 0.498. The molecule has 1 aliphatic heterocycles. The summed E-state index contributed by atoms with van der Waals surface area (Å²) in [4.78, 5) is 21.7. The Morgan fingerprint density at radius 1 is 1.03 bits per heavy atom. The lowest BCUT2D eigenvalue weighted by Gasteiger charge is -2.18. The number of nitrogens with one attached hydrogen (secondary N) is 1. The van der Waals surface area contributed by atoms with Gasteiger partial charge in [0.2, 0.25) is 5.91 Å². The predicted octanol–water partition coefficient (Wildman–Crippen LogP) is 3.26. The molecule has 0 aliphatic carbocycles. The molecule has 3 heterocycles. The highest BCUT2D eigenvalue weighted by atomic mass is 32.2. The first kappa shape index (κ1) is 21.1. The van der Waals surface area contributed by atoms with Crippen LogP contribution >= 0.6 is 0 Å². The van der Waals surface area contributed by atoms with Crippen molar-refractivity contribution in [2.45, 2.75) is 31.1 Å². The molecule has 168 valence electrons. The zero-order valence-corrected chi connectivity index (χ0v) is 19.2. The highest BCUT2D eigenvalue weighted by molar-refractivity contribution is 7.93. The lowest BCUT2D eigenvalue weighted by Crippen LogP contribution is -2.36. The summed E-state index contributed by atoms with van der Waals surface area (Å²) in [6.07, 6.45) is 3.17. The molecule has 0 radical (unpaired) electrons. The van der Waals surface area contributed by atoms with Crippen LogP contribution in [0.25, 0.3) is 16.7 Å². The summed E-state index contributed by atoms with van der Waals surface area (Å²) >= 11 is 0. The second kappa shape index (κ2) is 7.38. The predicted molar refractivity (Wildman–Crippen MR) is 125 cm³/mol. The van der Waals surface area contributed by atoms with Gasteiger partial charge in [0.1, 0.15) is 12.4 Å². The minimum Gasteiger partial charge on any atom is -0.309 e. The van der Waals surface area contributed by atoms with E-state index in [2.05, 4.69) is 20.4 Å². The number of amides is 1. The molecule has 10 heteroatoms. The summed E-state index contributed by atoms with van der Waals surface area (Å²) in [6.45, 7) is 5.64. The SMILES string of the molecule is CC(C)(C)c1cc(NC(=O)CN2c3cccc4cccc(c34)S2(=O)=O)n(-c2ncccn2)n1. The number of nitrogens with zero attached hydrogens (tertiary/aromatic N) is 5. The van der Waals surface area contributed by atoms with Gasteiger partial charge in [0, 0.05) is 29.3 Å². The average molecular weight is 463 g/mol. The van der Waals surface area contributed by atoms with Crippen molar-refractivity contribution in [2.75, 3.05) is 16.2 Å². The van der Waals surface area contributed by atoms with E-state index in [-0.39, 0.29) is 16.9 Å². The van der Waals surface area contributed by atoms with Crippen LogP contribution in [0.1, 0.15) is 26.5 Å². The maximum absolute atomic E-state index is 13.2. The fourth-order valence-corrected chi connectivity index (χ4v) is 5.50. The second-order valence-electron chi connectivity index (χ2n) is 8.82. The molecule has 0 bridgehead atoms. The van der Waals surface area contributed by atoms with Crippen LogP contribution < -0.4 is 9.62 Å². The van der Waals surface area contributed by atoms with Crippen LogP contribution in [-0.2, 0) is 20.2 Å². The summed E-state index contributed by atoms with van der Waals surface area (Å²) in [5, 5.41) is 8.82. The Kier molecular flexibility index (Phi) is 4.71. The Hall–Kier alpha value is -3.79. The molecule has 33 heavy (non-hydrogen) atoms. The van der Waals surface area contributed by atoms with Gasteiger partial charge in [-0.3, -0.25) is 9.10 Å². The van der Waals surface area contributed by atoms with E-state index in [9.17, 15) is 13.2 Å². The monoisotopic (exact) mass is 462 g/mol. The van der Waals surface area contributed by atoms with E-state index in [1.54, 1.807) is 48.8 Å². The van der Waals surface area contributed by atoms with Crippen LogP contribution in [0, 0.1) is 0 Å². The molecule has 1 aliphatic rings. The third-order valence-corrected chi connectivity index (χ3v) is 7.26. The Labute approximate surface area is 191 Å². The Bertz CT molecular complexity index is 1480. The first-order valence-electron chi connectivity index (χ1n) is 10.4. The molecule has 0 saturated heterocycles. The van der Waals surface area contributed by atoms with Crippen molar-refractivity contribution in [3.05, 3.63) is 66.6 Å². The fourth-order valence-electron chi connectivity index (χ4n) is 3.83. The smallest absolute Gasteiger partial charge is 0.265 e. The van der Waals surface area contributed by atoms with Crippen molar-refractivity contribution in [3.63, 3.8) is 0 Å². The van der Waals surface area contributed by atoms with E-state index in [1.165, 1.54) is 4.68 Å². The maximum Gasteiger partial charge on any atom is 0.265 e. The van der Waals surface area contributed by atoms with E-state index >= 15 is 0 Å². The van der Waals surface area contributed by atoms with Crippen LogP contribution in [-0.4, -0.2) is 40.6 Å². The summed E-state index contributed by atoms with van der Waals surface area (Å²) in [7, 11) is -3.84. The van der Waals surface area contributed by atoms with E-state index in [0.29, 0.717) is 22.8 Å². The van der Waals surface area contributed by atoms with E-state index < -0.39 is 15.9 Å². The summed E-state index contributed by atoms with van der Waals surface area (Å²) < 4.78 is 29.0. The number of aromatic nitrogens is 4. The van der Waals surface area contributed by atoms with Crippen LogP contribution in [0.5, 0.6) is 0 Å². The van der Waals surface area contributed by atoms with Crippen molar-refractivity contribution >= 4 is 38.2 Å². The van der Waals surface area contributed by atoms with Crippen LogP contribution in [0.4, 0.5) is 11.5 Å². The van der Waals surface area contributed by atoms with Crippen molar-refractivity contribution in [1.82, 2.24) is 19.7 Å². The number of sulfonamides is 1. The normalized spacial score (nSPS) is 14.6. The van der Waals surface area contributed by atoms with E-state index in [0.717, 1.165) is 15.4 Å². The highest BCUT2D eigenvalue weighted by Gasteiger charge is 2.36. The molecule has 1 N–H and O–H groups in total. The Morgan fingerprint density at radius 2 is 1.73 bits per heavy atom. The minimum atomic E-state index is -3.84. The van der Waals surface area contributed by atoms with Crippen molar-refractivity contribution in [2.24, 2.45) is 0 Å². The largest absolute Gasteiger partial charge is 0.309 e. The molecule has 2 aromatic carbocycles. The molecule has 0 spiro atoms. The first-order chi connectivity index (χ1) is 15.7. The van der Waals surface area contributed by atoms with Crippen molar-refractivity contribution in [1.29, 1.82) is 0 Å². The second-order valence-corrected chi connectivity index (χ2v) is 10.6. The molecule has 0 atom stereocenters. The van der Waals surface area contributed by atoms with Gasteiger partial charge in [0.05, 0.1) is 16.3 Å². The van der Waals surface area contributed by atoms with Gasteiger partial charge in [-0.2, -0.15) is 9.78 Å². The topological polar surface area (TPSA) is 110 Å². The van der Waals surface area contributed by atoms with Gasteiger partial charge in [-0.1, -0.05) is 45.0 Å². The van der Waals surface area contributed by atoms with Gasteiger partial charge in [-0.15, -0.1) is 0 Å². The van der Waals surface area contributed by atoms with Crippen LogP contribution in [0.3, 0.4) is 0 Å². The molecule has 0 saturated carbocycles. The van der Waals surface area contributed by atoms with Crippen LogP contribution in [0.2, 0.25) is 0 Å². The zero-order valence-electron chi connectivity index (χ0n) is 18.3. The fraction of sp³-hybridized carbons (Fsp3) is 0.217. The number of rotatable bonds is 4. The standard InChI is InChI=1S/C23H22N6O3S/c1-23(2,3)18-13-19(29(27-18)22-24-11-6-12-25-22)26-20(30)14-28-16-9-4-7-15-8-5-10-17(21(15)16)33(28,31)32/h4-13H,14H2,1-3H3,(H,26,30). The Balaban J connectivity index is 1.48. The molecule has 5 rings (SSSR count). The minimum absolute atomic E-state index is 0.209. The molecule has 9 nitrogen and oxygen atoms in total. The van der Waals surface area contributed by atoms with E-state index in [1.807, 2.05) is 32.9 Å². The molecule has 0 fully saturated rings. The number of hydrogen-bond acceptors (Lipinski definition) is 6. The molecule has 1 amide bonds. The summed E-state index contributed by atoms with van der Waals surface area (Å²) in [5.74, 6) is 0.165. The number of carbonyl (C=O) groups excluding carboxylic acids is 1. The van der Waals surface area contributed by atoms with Gasteiger partial charge in [-0.05, 0) is 23.6 Å². The molecule has 0 unspecified atom stereocenters. The maximum atomic E-state index is 13.2. The van der Waals surface area contributed by atoms with Gasteiger partial charge >= 0.3 is 0 Å². The average Bonchev–Trinajstić information content (AvgIpc) is 3.29. The van der Waals surface area contributed by atoms with E-state index in [4.69, 9.17) is 0 Å². The van der Waals surface area contributed by atoms with Crippen molar-refractivity contribution < 1.29 is 13.2 Å². The molecular weight excluding hydrogens is 440 g/mol. The highest BCUT2D eigenvalue weighted by Crippen LogP contribution is 2.41. The van der Waals surface area contributed by atoms with Gasteiger partial charge in [0.15, 0.2) is 0 Å². The molecule has 2 aromatic heterocycles. The van der Waals surface area contributed by atoms with Gasteiger partial charge in [-0.25, -0.2) is 18.4 Å². The first-order valence-corrected chi connectivity index (χ1v) is 11.8. The number of benzene rings is 2. The molecule has 4 aromatic rings. The van der Waals surface area contributed by atoms with Crippen molar-refractivity contribution in [3.8, 4) is 5.95 Å².